The van der Waals surface area contributed by atoms with Gasteiger partial charge < -0.3 is 92.8 Å². The lowest BCUT2D eigenvalue weighted by Crippen LogP contribution is -2.61. The van der Waals surface area contributed by atoms with Crippen LogP contribution in [-0.4, -0.2) is 166 Å². The zero-order valence-corrected chi connectivity index (χ0v) is 47.3. The number of carboxylic acid groups (broad SMARTS) is 1. The summed E-state index contributed by atoms with van der Waals surface area (Å²) in [6.45, 7) is 6.96. The Hall–Kier alpha value is -8.64. The molecule has 2 heterocycles. The number of nitrogens with one attached hydrogen (secondary N) is 9. The number of aromatic amines is 1. The smallest absolute Gasteiger partial charge is 0.326 e. The molecule has 2 aromatic rings. The Morgan fingerprint density at radius 2 is 0.976 bits per heavy atom. The summed E-state index contributed by atoms with van der Waals surface area (Å²) in [5, 5.41) is 31.3. The van der Waals surface area contributed by atoms with Gasteiger partial charge in [0.15, 0.2) is 17.9 Å². The number of carboxylic acids is 1. The maximum Gasteiger partial charge on any atom is 0.326 e. The first-order valence-corrected chi connectivity index (χ1v) is 27.3. The number of imidazole rings is 1. The number of aliphatic carboxylic acids is 1. The van der Waals surface area contributed by atoms with E-state index in [0.717, 1.165) is 0 Å². The molecule has 0 spiro atoms. The van der Waals surface area contributed by atoms with Crippen LogP contribution >= 0.6 is 0 Å². The molecule has 0 aliphatic carbocycles. The number of guanidine groups is 3. The fourth-order valence-electron chi connectivity index (χ4n) is 8.16. The minimum absolute atomic E-state index is 0.0172. The molecule has 82 heavy (non-hydrogen) atoms. The fraction of sp³-hybridized carbons (Fsp3) is 0.608. The molecular formula is C51H87N21O10. The highest BCUT2D eigenvalue weighted by Gasteiger charge is 2.36. The number of pyridine rings is 1. The number of unbranched alkanes of at least 4 members (excludes halogenated alkanes) is 2. The number of rotatable bonds is 40. The Morgan fingerprint density at radius 3 is 1.40 bits per heavy atom. The van der Waals surface area contributed by atoms with Crippen LogP contribution in [0.5, 0.6) is 0 Å². The van der Waals surface area contributed by atoms with E-state index in [-0.39, 0.29) is 102 Å². The van der Waals surface area contributed by atoms with Crippen LogP contribution in [0.15, 0.2) is 51.9 Å². The number of aliphatic imine (C=N–C) groups is 3. The minimum Gasteiger partial charge on any atom is -0.480 e. The molecule has 0 saturated carbocycles. The Kier molecular flexibility index (Phi) is 32.3. The van der Waals surface area contributed by atoms with Crippen molar-refractivity contribution in [3.63, 3.8) is 0 Å². The molecule has 0 saturated heterocycles. The average molecular weight is 1150 g/mol. The number of nitrogens with zero attached hydrogens (tertiary/aromatic N) is 5. The molecule has 0 aliphatic rings. The van der Waals surface area contributed by atoms with Crippen molar-refractivity contribution in [2.75, 3.05) is 26.2 Å². The largest absolute Gasteiger partial charge is 0.480 e. The van der Waals surface area contributed by atoms with Crippen LogP contribution in [-0.2, 0) is 56.0 Å². The number of aromatic nitrogens is 3. The van der Waals surface area contributed by atoms with Gasteiger partial charge in [-0.2, -0.15) is 0 Å². The van der Waals surface area contributed by atoms with Crippen molar-refractivity contribution in [1.82, 2.24) is 57.5 Å². The Bertz CT molecular complexity index is 2430. The maximum atomic E-state index is 14.5. The summed E-state index contributed by atoms with van der Waals surface area (Å²) < 4.78 is 0. The molecule has 8 atom stereocenters. The van der Waals surface area contributed by atoms with Crippen molar-refractivity contribution in [2.24, 2.45) is 61.0 Å². The third-order valence-electron chi connectivity index (χ3n) is 12.5. The van der Waals surface area contributed by atoms with E-state index in [9.17, 15) is 48.3 Å². The van der Waals surface area contributed by atoms with Crippen LogP contribution < -0.4 is 82.7 Å². The van der Waals surface area contributed by atoms with Gasteiger partial charge >= 0.3 is 5.97 Å². The molecule has 456 valence electrons. The Morgan fingerprint density at radius 1 is 0.549 bits per heavy atom. The van der Waals surface area contributed by atoms with Gasteiger partial charge in [0.25, 0.3) is 0 Å². The third-order valence-corrected chi connectivity index (χ3v) is 12.5. The van der Waals surface area contributed by atoms with Gasteiger partial charge in [-0.25, -0.2) is 9.78 Å². The van der Waals surface area contributed by atoms with Gasteiger partial charge in [-0.3, -0.25) is 58.3 Å². The topological polar surface area (TPSA) is 531 Å². The van der Waals surface area contributed by atoms with Crippen molar-refractivity contribution in [2.45, 2.75) is 166 Å². The van der Waals surface area contributed by atoms with Gasteiger partial charge in [-0.1, -0.05) is 39.7 Å². The van der Waals surface area contributed by atoms with Crippen LogP contribution in [0.3, 0.4) is 0 Å². The summed E-state index contributed by atoms with van der Waals surface area (Å²) >= 11 is 0. The van der Waals surface area contributed by atoms with Crippen molar-refractivity contribution in [1.29, 1.82) is 0 Å². The zero-order valence-electron chi connectivity index (χ0n) is 47.3. The molecule has 0 fully saturated rings. The van der Waals surface area contributed by atoms with E-state index in [1.54, 1.807) is 32.0 Å². The first-order chi connectivity index (χ1) is 38.9. The maximum absolute atomic E-state index is 14.5. The number of hydrogen-bond donors (Lipinski definition) is 17. The molecule has 0 aromatic carbocycles. The SMILES string of the molecule is CCCC[C@H](NC(=O)[C@H](CCCN=C(N)N)NC(=O)[C@H](Cc1cnc[nH]1)NC(=O)[C@H](CCCN=C(N)N)NC(=O)[C@H](CCCCN)NC(C)=O)C(=O)N[C@H](C(=O)NC(Cc1ccccn1)C(=O)N[C@@H](CCCN=C(N)N)C(=O)O)C(C)C. The first-order valence-electron chi connectivity index (χ1n) is 27.3. The van der Waals surface area contributed by atoms with Gasteiger partial charge in [-0.05, 0) is 88.8 Å². The van der Waals surface area contributed by atoms with Crippen LogP contribution in [0, 0.1) is 5.92 Å². The zero-order chi connectivity index (χ0) is 61.1. The molecule has 8 amide bonds. The molecule has 0 radical (unpaired) electrons. The van der Waals surface area contributed by atoms with E-state index in [1.165, 1.54) is 25.6 Å². The van der Waals surface area contributed by atoms with E-state index < -0.39 is 107 Å². The molecule has 0 bridgehead atoms. The lowest BCUT2D eigenvalue weighted by Gasteiger charge is -2.29. The second-order valence-electron chi connectivity index (χ2n) is 19.8. The molecule has 0 aliphatic heterocycles. The van der Waals surface area contributed by atoms with Crippen LogP contribution in [0.1, 0.15) is 116 Å². The molecule has 31 nitrogen and oxygen atoms in total. The summed E-state index contributed by atoms with van der Waals surface area (Å²) in [4.78, 5) is 147. The Labute approximate surface area is 477 Å². The van der Waals surface area contributed by atoms with Crippen molar-refractivity contribution in [3.05, 3.63) is 48.3 Å². The quantitative estimate of drug-likeness (QED) is 0.0171. The van der Waals surface area contributed by atoms with E-state index in [0.29, 0.717) is 43.6 Å². The normalized spacial score (nSPS) is 13.8. The van der Waals surface area contributed by atoms with E-state index >= 15 is 0 Å². The van der Waals surface area contributed by atoms with Gasteiger partial charge in [-0.15, -0.1) is 0 Å². The lowest BCUT2D eigenvalue weighted by atomic mass is 10.00. The van der Waals surface area contributed by atoms with Crippen molar-refractivity contribution < 1.29 is 48.3 Å². The van der Waals surface area contributed by atoms with Crippen LogP contribution in [0.2, 0.25) is 0 Å². The molecule has 1 unspecified atom stereocenters. The second-order valence-corrected chi connectivity index (χ2v) is 19.8. The summed E-state index contributed by atoms with van der Waals surface area (Å²) in [5.41, 5.74) is 39.4. The Balaban J connectivity index is 2.51. The molecule has 2 rings (SSSR count). The highest BCUT2D eigenvalue weighted by atomic mass is 16.4. The van der Waals surface area contributed by atoms with Gasteiger partial charge in [0.05, 0.1) is 6.33 Å². The highest BCUT2D eigenvalue weighted by molar-refractivity contribution is 5.98. The summed E-state index contributed by atoms with van der Waals surface area (Å²) in [5.74, 6) is -8.63. The predicted octanol–water partition coefficient (Wildman–Crippen LogP) is -4.29. The molecule has 31 heteroatoms. The fourth-order valence-corrected chi connectivity index (χ4v) is 8.16. The monoisotopic (exact) mass is 1150 g/mol. The second kappa shape index (κ2) is 38.1. The molecule has 2 aromatic heterocycles. The predicted molar refractivity (Wildman–Crippen MR) is 306 cm³/mol. The number of nitrogens with two attached hydrogens (primary N) is 7. The third kappa shape index (κ3) is 28.0. The van der Waals surface area contributed by atoms with Crippen LogP contribution in [0.4, 0.5) is 0 Å². The molecule has 24 N–H and O–H groups in total. The van der Waals surface area contributed by atoms with Crippen LogP contribution in [0.25, 0.3) is 0 Å². The van der Waals surface area contributed by atoms with E-state index in [4.69, 9.17) is 40.1 Å². The minimum atomic E-state index is -1.42. The van der Waals surface area contributed by atoms with Crippen molar-refractivity contribution in [3.8, 4) is 0 Å². The average Bonchev–Trinajstić information content (AvgIpc) is 3.95. The number of carbonyl (C=O) groups excluding carboxylic acids is 8. The number of amides is 8. The van der Waals surface area contributed by atoms with E-state index in [1.807, 2.05) is 6.92 Å². The summed E-state index contributed by atoms with van der Waals surface area (Å²) in [6.07, 6.45) is 6.64. The van der Waals surface area contributed by atoms with E-state index in [2.05, 4.69) is 72.5 Å². The van der Waals surface area contributed by atoms with Crippen molar-refractivity contribution >= 4 is 71.1 Å². The summed E-state index contributed by atoms with van der Waals surface area (Å²) in [6, 6.07) is -5.54. The number of carbonyl (C=O) groups is 9. The highest BCUT2D eigenvalue weighted by Crippen LogP contribution is 2.12. The lowest BCUT2D eigenvalue weighted by molar-refractivity contribution is -0.142. The molecular weight excluding hydrogens is 1070 g/mol. The first kappa shape index (κ1) is 69.5. The number of hydrogen-bond acceptors (Lipinski definition) is 15. The van der Waals surface area contributed by atoms with Gasteiger partial charge in [0.2, 0.25) is 47.3 Å². The van der Waals surface area contributed by atoms with Gasteiger partial charge in [0.1, 0.15) is 48.3 Å². The number of H-pyrrole nitrogens is 1. The summed E-state index contributed by atoms with van der Waals surface area (Å²) in [7, 11) is 0. The van der Waals surface area contributed by atoms with Gasteiger partial charge in [0, 0.05) is 63.2 Å². The standard InChI is InChI=1S/C51H87N21O10/c1-5-6-15-34(44(77)72-40(29(2)3)47(80)71-38(25-31-14-8-10-21-60-31)46(79)69-37(48(81)82)19-13-24-63-51(57)58)66-42(75)35(17-11-22-61-49(53)54)68-45(78)39(26-32-27-59-28-64-32)70-43(76)36(18-12-23-62-50(55)56)67-41(74)33(65-30(4)73)16-7-9-20-52/h8,10,14,21,27-29,33-40H,5-7,9,11-13,15-20,22-26,52H2,1-4H3,(H,59,64)(H,65,73)(H,66,75)(H,67,74)(H,68,78)(H,69,79)(H,70,76)(H,71,80)(H,72,77)(H,81,82)(H4,53,54,61)(H4,55,56,62)(H4,57,58,63)/t33-,34-,35-,36-,37-,38?,39-,40-/m0/s1.